The molecule has 55 heavy (non-hydrogen) atoms. The molecule has 9 aromatic carbocycles. The molecule has 0 aromatic heterocycles. The Hall–Kier alpha value is -6.96. The second-order valence-corrected chi connectivity index (χ2v) is 14.6. The van der Waals surface area contributed by atoms with Crippen LogP contribution in [0.2, 0.25) is 0 Å². The summed E-state index contributed by atoms with van der Waals surface area (Å²) in [7, 11) is 0. The summed E-state index contributed by atoms with van der Waals surface area (Å²) in [6, 6.07) is 79.8. The van der Waals surface area contributed by atoms with Crippen LogP contribution in [0.5, 0.6) is 0 Å². The predicted octanol–water partition coefficient (Wildman–Crippen LogP) is 14.6. The SMILES string of the molecule is CC1(c2ccccc2)c2ccccc2-c2c(N(c3ccc(-c4ccc5ccccc5c4)cc3)c3ccccc3-c3ccc(-c4ccccc4)cc3)cccc21. The average Bonchev–Trinajstić information content (AvgIpc) is 3.54. The summed E-state index contributed by atoms with van der Waals surface area (Å²) in [5, 5.41) is 2.50. The van der Waals surface area contributed by atoms with E-state index in [1.54, 1.807) is 0 Å². The first-order valence-electron chi connectivity index (χ1n) is 19.1. The van der Waals surface area contributed by atoms with Crippen LogP contribution < -0.4 is 4.90 Å². The van der Waals surface area contributed by atoms with Gasteiger partial charge in [-0.3, -0.25) is 0 Å². The topological polar surface area (TPSA) is 3.24 Å². The molecule has 0 fully saturated rings. The van der Waals surface area contributed by atoms with Crippen molar-refractivity contribution >= 4 is 27.8 Å². The van der Waals surface area contributed by atoms with E-state index in [-0.39, 0.29) is 5.41 Å². The van der Waals surface area contributed by atoms with Crippen LogP contribution >= 0.6 is 0 Å². The second-order valence-electron chi connectivity index (χ2n) is 14.6. The van der Waals surface area contributed by atoms with E-state index in [2.05, 4.69) is 230 Å². The summed E-state index contributed by atoms with van der Waals surface area (Å²) < 4.78 is 0. The molecular weight excluding hydrogens is 663 g/mol. The predicted molar refractivity (Wildman–Crippen MR) is 232 cm³/mol. The van der Waals surface area contributed by atoms with Crippen LogP contribution in [-0.4, -0.2) is 0 Å². The Morgan fingerprint density at radius 2 is 0.873 bits per heavy atom. The number of fused-ring (bicyclic) bond motifs is 4. The van der Waals surface area contributed by atoms with Crippen LogP contribution in [0, 0.1) is 0 Å². The largest absolute Gasteiger partial charge is 0.309 e. The molecule has 0 radical (unpaired) electrons. The van der Waals surface area contributed by atoms with Crippen molar-refractivity contribution in [3.63, 3.8) is 0 Å². The quantitative estimate of drug-likeness (QED) is 0.160. The van der Waals surface area contributed by atoms with Crippen molar-refractivity contribution in [3.05, 3.63) is 235 Å². The van der Waals surface area contributed by atoms with E-state index < -0.39 is 0 Å². The molecule has 1 nitrogen and oxygen atoms in total. The lowest BCUT2D eigenvalue weighted by Crippen LogP contribution is -2.22. The average molecular weight is 702 g/mol. The summed E-state index contributed by atoms with van der Waals surface area (Å²) in [6.07, 6.45) is 0. The highest BCUT2D eigenvalue weighted by atomic mass is 15.1. The maximum absolute atomic E-state index is 2.48. The zero-order chi connectivity index (χ0) is 36.8. The van der Waals surface area contributed by atoms with Gasteiger partial charge >= 0.3 is 0 Å². The molecule has 260 valence electrons. The molecule has 0 N–H and O–H groups in total. The van der Waals surface area contributed by atoms with Crippen LogP contribution in [0.3, 0.4) is 0 Å². The molecule has 1 aliphatic carbocycles. The molecule has 0 saturated heterocycles. The molecular formula is C54H39N. The standard InChI is InChI=1S/C54H39N/c1-54(45-19-6-3-7-20-45)49-23-12-10-22-48(49)53-50(54)24-14-26-52(53)55(46-35-33-41(34-36-46)44-32-29-39-17-8-9-18-43(39)37-44)51-25-13-11-21-47(51)42-30-27-40(28-31-42)38-15-4-2-5-16-38/h2-37H,1H3. The third kappa shape index (κ3) is 5.56. The van der Waals surface area contributed by atoms with Gasteiger partial charge in [-0.2, -0.15) is 0 Å². The lowest BCUT2D eigenvalue weighted by atomic mass is 9.74. The Balaban J connectivity index is 1.17. The number of benzene rings is 9. The Morgan fingerprint density at radius 1 is 0.345 bits per heavy atom. The first-order chi connectivity index (χ1) is 27.2. The highest BCUT2D eigenvalue weighted by Crippen LogP contribution is 2.57. The summed E-state index contributed by atoms with van der Waals surface area (Å²) >= 11 is 0. The van der Waals surface area contributed by atoms with E-state index in [1.807, 2.05) is 0 Å². The summed E-state index contributed by atoms with van der Waals surface area (Å²) in [5.41, 5.74) is 16.8. The van der Waals surface area contributed by atoms with Gasteiger partial charge in [-0.05, 0) is 98.1 Å². The fourth-order valence-corrected chi connectivity index (χ4v) is 8.76. The summed E-state index contributed by atoms with van der Waals surface area (Å²) in [5.74, 6) is 0. The summed E-state index contributed by atoms with van der Waals surface area (Å²) in [4.78, 5) is 2.48. The van der Waals surface area contributed by atoms with Gasteiger partial charge in [0.2, 0.25) is 0 Å². The van der Waals surface area contributed by atoms with E-state index in [4.69, 9.17) is 0 Å². The van der Waals surface area contributed by atoms with E-state index in [0.717, 1.165) is 17.1 Å². The van der Waals surface area contributed by atoms with Gasteiger partial charge in [-0.1, -0.05) is 188 Å². The van der Waals surface area contributed by atoms with Crippen molar-refractivity contribution < 1.29 is 0 Å². The van der Waals surface area contributed by atoms with Crippen molar-refractivity contribution in [1.29, 1.82) is 0 Å². The number of nitrogens with zero attached hydrogens (tertiary/aromatic N) is 1. The molecule has 0 saturated carbocycles. The van der Waals surface area contributed by atoms with Crippen molar-refractivity contribution in [2.24, 2.45) is 0 Å². The van der Waals surface area contributed by atoms with E-state index in [0.29, 0.717) is 0 Å². The van der Waals surface area contributed by atoms with Gasteiger partial charge in [-0.25, -0.2) is 0 Å². The molecule has 0 heterocycles. The highest BCUT2D eigenvalue weighted by molar-refractivity contribution is 5.99. The Labute approximate surface area is 323 Å². The lowest BCUT2D eigenvalue weighted by molar-refractivity contribution is 0.714. The fourth-order valence-electron chi connectivity index (χ4n) is 8.76. The zero-order valence-corrected chi connectivity index (χ0v) is 30.7. The van der Waals surface area contributed by atoms with Gasteiger partial charge in [0, 0.05) is 22.2 Å². The molecule has 0 aliphatic heterocycles. The normalized spacial score (nSPS) is 14.3. The molecule has 1 atom stereocenters. The lowest BCUT2D eigenvalue weighted by Gasteiger charge is -2.31. The van der Waals surface area contributed by atoms with Gasteiger partial charge < -0.3 is 4.90 Å². The summed E-state index contributed by atoms with van der Waals surface area (Å²) in [6.45, 7) is 2.39. The second kappa shape index (κ2) is 13.5. The van der Waals surface area contributed by atoms with Crippen LogP contribution in [0.15, 0.2) is 218 Å². The molecule has 0 amide bonds. The van der Waals surface area contributed by atoms with Crippen LogP contribution in [-0.2, 0) is 5.41 Å². The van der Waals surface area contributed by atoms with Crippen LogP contribution in [0.25, 0.3) is 55.3 Å². The highest BCUT2D eigenvalue weighted by Gasteiger charge is 2.42. The minimum absolute atomic E-state index is 0.304. The van der Waals surface area contributed by atoms with Crippen molar-refractivity contribution in [2.45, 2.75) is 12.3 Å². The van der Waals surface area contributed by atoms with E-state index in [9.17, 15) is 0 Å². The first-order valence-corrected chi connectivity index (χ1v) is 19.1. The Bertz CT molecular complexity index is 2800. The molecule has 0 bridgehead atoms. The Kier molecular flexibility index (Phi) is 8.00. The number of para-hydroxylation sites is 1. The number of hydrogen-bond donors (Lipinski definition) is 0. The smallest absolute Gasteiger partial charge is 0.0543 e. The van der Waals surface area contributed by atoms with Crippen LogP contribution in [0.1, 0.15) is 23.6 Å². The maximum atomic E-state index is 2.48. The van der Waals surface area contributed by atoms with Gasteiger partial charge in [0.1, 0.15) is 0 Å². The fraction of sp³-hybridized carbons (Fsp3) is 0.0370. The number of rotatable bonds is 7. The third-order valence-corrected chi connectivity index (χ3v) is 11.6. The van der Waals surface area contributed by atoms with Crippen LogP contribution in [0.4, 0.5) is 17.1 Å². The maximum Gasteiger partial charge on any atom is 0.0543 e. The number of hydrogen-bond acceptors (Lipinski definition) is 1. The molecule has 0 spiro atoms. The monoisotopic (exact) mass is 701 g/mol. The molecule has 1 unspecified atom stereocenters. The zero-order valence-electron chi connectivity index (χ0n) is 30.7. The van der Waals surface area contributed by atoms with Gasteiger partial charge in [0.15, 0.2) is 0 Å². The van der Waals surface area contributed by atoms with E-state index in [1.165, 1.54) is 72.0 Å². The minimum Gasteiger partial charge on any atom is -0.309 e. The molecule has 9 aromatic rings. The van der Waals surface area contributed by atoms with Gasteiger partial charge in [0.05, 0.1) is 11.4 Å². The van der Waals surface area contributed by atoms with Crippen molar-refractivity contribution in [2.75, 3.05) is 4.90 Å². The third-order valence-electron chi connectivity index (χ3n) is 11.6. The van der Waals surface area contributed by atoms with Gasteiger partial charge in [0.25, 0.3) is 0 Å². The van der Waals surface area contributed by atoms with E-state index >= 15 is 0 Å². The number of anilines is 3. The Morgan fingerprint density at radius 3 is 1.65 bits per heavy atom. The van der Waals surface area contributed by atoms with Crippen molar-refractivity contribution in [1.82, 2.24) is 0 Å². The minimum atomic E-state index is -0.304. The molecule has 10 rings (SSSR count). The van der Waals surface area contributed by atoms with Crippen molar-refractivity contribution in [3.8, 4) is 44.5 Å². The first kappa shape index (κ1) is 32.7. The van der Waals surface area contributed by atoms with Gasteiger partial charge in [-0.15, -0.1) is 0 Å². The molecule has 1 heteroatoms. The molecule has 1 aliphatic rings.